The summed E-state index contributed by atoms with van der Waals surface area (Å²) in [7, 11) is 0. The number of benzene rings is 3. The van der Waals surface area contributed by atoms with Crippen molar-refractivity contribution < 1.29 is 0 Å². The molecule has 0 aliphatic carbocycles. The maximum absolute atomic E-state index is 4.15. The van der Waals surface area contributed by atoms with E-state index in [1.54, 1.807) is 0 Å². The second-order valence-electron chi connectivity index (χ2n) is 7.18. The van der Waals surface area contributed by atoms with E-state index in [0.29, 0.717) is 5.92 Å². The summed E-state index contributed by atoms with van der Waals surface area (Å²) in [5.41, 5.74) is 8.79. The third kappa shape index (κ3) is 3.83. The molecule has 4 aromatic rings. The Hall–Kier alpha value is -3.19. The van der Waals surface area contributed by atoms with E-state index in [9.17, 15) is 0 Å². The molecule has 0 atom stereocenters. The zero-order chi connectivity index (χ0) is 18.6. The number of aromatic nitrogens is 1. The van der Waals surface area contributed by atoms with Gasteiger partial charge in [0.15, 0.2) is 0 Å². The van der Waals surface area contributed by atoms with E-state index >= 15 is 0 Å². The van der Waals surface area contributed by atoms with Crippen molar-refractivity contribution in [3.8, 4) is 33.4 Å². The summed E-state index contributed by atoms with van der Waals surface area (Å²) in [6.45, 7) is 4.49. The van der Waals surface area contributed by atoms with E-state index in [1.807, 2.05) is 12.4 Å². The number of nitrogens with zero attached hydrogens (tertiary/aromatic N) is 1. The highest BCUT2D eigenvalue weighted by Crippen LogP contribution is 2.32. The Morgan fingerprint density at radius 1 is 0.519 bits per heavy atom. The van der Waals surface area contributed by atoms with Crippen molar-refractivity contribution in [2.24, 2.45) is 0 Å². The van der Waals surface area contributed by atoms with Crippen LogP contribution in [0.3, 0.4) is 0 Å². The number of hydrogen-bond donors (Lipinski definition) is 0. The zero-order valence-electron chi connectivity index (χ0n) is 15.8. The van der Waals surface area contributed by atoms with Crippen molar-refractivity contribution in [2.45, 2.75) is 19.8 Å². The van der Waals surface area contributed by atoms with Crippen molar-refractivity contribution in [1.29, 1.82) is 0 Å². The first-order valence-electron chi connectivity index (χ1n) is 9.42. The molecule has 132 valence electrons. The van der Waals surface area contributed by atoms with Crippen molar-refractivity contribution in [3.63, 3.8) is 0 Å². The van der Waals surface area contributed by atoms with E-state index in [1.165, 1.54) is 38.9 Å². The topological polar surface area (TPSA) is 12.9 Å². The van der Waals surface area contributed by atoms with Gasteiger partial charge in [0.25, 0.3) is 0 Å². The van der Waals surface area contributed by atoms with Gasteiger partial charge in [0.05, 0.1) is 0 Å². The van der Waals surface area contributed by atoms with E-state index in [0.717, 1.165) is 0 Å². The van der Waals surface area contributed by atoms with Crippen LogP contribution in [0.1, 0.15) is 25.3 Å². The highest BCUT2D eigenvalue weighted by molar-refractivity contribution is 5.76. The predicted octanol–water partition coefficient (Wildman–Crippen LogP) is 7.21. The lowest BCUT2D eigenvalue weighted by molar-refractivity contribution is 0.867. The minimum Gasteiger partial charge on any atom is -0.265 e. The fraction of sp³-hybridized carbons (Fsp3) is 0.115. The summed E-state index contributed by atoms with van der Waals surface area (Å²) < 4.78 is 0. The molecule has 0 radical (unpaired) electrons. The molecule has 0 fully saturated rings. The first-order valence-corrected chi connectivity index (χ1v) is 9.42. The molecule has 1 heterocycles. The Morgan fingerprint density at radius 3 is 1.56 bits per heavy atom. The normalized spacial score (nSPS) is 10.9. The molecular formula is C26H23N. The molecule has 0 amide bonds. The van der Waals surface area contributed by atoms with Crippen LogP contribution in [-0.2, 0) is 0 Å². The Labute approximate surface area is 161 Å². The molecule has 0 saturated heterocycles. The van der Waals surface area contributed by atoms with Crippen LogP contribution in [0.5, 0.6) is 0 Å². The second-order valence-corrected chi connectivity index (χ2v) is 7.18. The molecule has 27 heavy (non-hydrogen) atoms. The first kappa shape index (κ1) is 17.2. The average Bonchev–Trinajstić information content (AvgIpc) is 2.75. The van der Waals surface area contributed by atoms with Gasteiger partial charge in [-0.3, -0.25) is 4.98 Å². The lowest BCUT2D eigenvalue weighted by Crippen LogP contribution is -1.91. The van der Waals surface area contributed by atoms with Gasteiger partial charge in [-0.1, -0.05) is 80.6 Å². The molecule has 1 nitrogen and oxygen atoms in total. The predicted molar refractivity (Wildman–Crippen MR) is 115 cm³/mol. The smallest absolute Gasteiger partial charge is 0.0273 e. The van der Waals surface area contributed by atoms with Gasteiger partial charge in [-0.25, -0.2) is 0 Å². The van der Waals surface area contributed by atoms with Crippen LogP contribution in [0.2, 0.25) is 0 Å². The zero-order valence-corrected chi connectivity index (χ0v) is 15.8. The lowest BCUT2D eigenvalue weighted by Gasteiger charge is -2.13. The fourth-order valence-electron chi connectivity index (χ4n) is 3.35. The van der Waals surface area contributed by atoms with Gasteiger partial charge >= 0.3 is 0 Å². The van der Waals surface area contributed by atoms with E-state index < -0.39 is 0 Å². The lowest BCUT2D eigenvalue weighted by atomic mass is 9.92. The van der Waals surface area contributed by atoms with Gasteiger partial charge in [-0.2, -0.15) is 0 Å². The van der Waals surface area contributed by atoms with Crippen LogP contribution >= 0.6 is 0 Å². The van der Waals surface area contributed by atoms with Gasteiger partial charge in [-0.15, -0.1) is 0 Å². The van der Waals surface area contributed by atoms with Crippen molar-refractivity contribution in [3.05, 3.63) is 103 Å². The maximum Gasteiger partial charge on any atom is 0.0273 e. The third-order valence-electron chi connectivity index (χ3n) is 4.96. The largest absolute Gasteiger partial charge is 0.265 e. The molecule has 0 unspecified atom stereocenters. The summed E-state index contributed by atoms with van der Waals surface area (Å²) in [5, 5.41) is 0. The summed E-state index contributed by atoms with van der Waals surface area (Å²) >= 11 is 0. The molecule has 0 aliphatic rings. The van der Waals surface area contributed by atoms with E-state index in [-0.39, 0.29) is 0 Å². The number of pyridine rings is 1. The van der Waals surface area contributed by atoms with Crippen LogP contribution in [0.4, 0.5) is 0 Å². The van der Waals surface area contributed by atoms with Crippen LogP contribution in [0, 0.1) is 0 Å². The molecule has 0 bridgehead atoms. The molecule has 1 aromatic heterocycles. The first-order chi connectivity index (χ1) is 13.2. The minimum atomic E-state index is 0.481. The van der Waals surface area contributed by atoms with Gasteiger partial charge < -0.3 is 0 Å². The second kappa shape index (κ2) is 7.59. The number of hydrogen-bond acceptors (Lipinski definition) is 1. The van der Waals surface area contributed by atoms with E-state index in [2.05, 4.69) is 104 Å². The quantitative estimate of drug-likeness (QED) is 0.379. The fourth-order valence-corrected chi connectivity index (χ4v) is 3.35. The molecule has 0 spiro atoms. The maximum atomic E-state index is 4.15. The van der Waals surface area contributed by atoms with Crippen molar-refractivity contribution in [1.82, 2.24) is 4.98 Å². The minimum absolute atomic E-state index is 0.481. The molecular weight excluding hydrogens is 326 g/mol. The Balaban J connectivity index is 1.76. The van der Waals surface area contributed by atoms with Gasteiger partial charge in [0.1, 0.15) is 0 Å². The monoisotopic (exact) mass is 349 g/mol. The molecule has 0 saturated carbocycles. The van der Waals surface area contributed by atoms with Crippen LogP contribution < -0.4 is 0 Å². The van der Waals surface area contributed by atoms with Crippen LogP contribution in [-0.4, -0.2) is 4.98 Å². The molecule has 0 aliphatic heterocycles. The van der Waals surface area contributed by atoms with Crippen LogP contribution in [0.25, 0.3) is 33.4 Å². The average molecular weight is 349 g/mol. The standard InChI is InChI=1S/C26H23N/c1-19(2)24-16-25(18-26(17-24)23-12-14-27-15-13-23)22-10-8-21(9-11-22)20-6-4-3-5-7-20/h3-19H,1-2H3. The highest BCUT2D eigenvalue weighted by atomic mass is 14.6. The Morgan fingerprint density at radius 2 is 1.00 bits per heavy atom. The molecule has 4 rings (SSSR count). The van der Waals surface area contributed by atoms with E-state index in [4.69, 9.17) is 0 Å². The van der Waals surface area contributed by atoms with Gasteiger partial charge in [0, 0.05) is 12.4 Å². The molecule has 3 aromatic carbocycles. The van der Waals surface area contributed by atoms with Gasteiger partial charge in [0.2, 0.25) is 0 Å². The highest BCUT2D eigenvalue weighted by Gasteiger charge is 2.08. The summed E-state index contributed by atoms with van der Waals surface area (Å²) in [6, 6.07) is 30.4. The Bertz CT molecular complexity index is 1020. The number of rotatable bonds is 4. The Kier molecular flexibility index (Phi) is 4.84. The van der Waals surface area contributed by atoms with Crippen molar-refractivity contribution in [2.75, 3.05) is 0 Å². The molecule has 0 N–H and O–H groups in total. The molecule has 1 heteroatoms. The summed E-state index contributed by atoms with van der Waals surface area (Å²) in [6.07, 6.45) is 3.71. The van der Waals surface area contributed by atoms with Crippen molar-refractivity contribution >= 4 is 0 Å². The van der Waals surface area contributed by atoms with Gasteiger partial charge in [-0.05, 0) is 63.1 Å². The summed E-state index contributed by atoms with van der Waals surface area (Å²) in [4.78, 5) is 4.15. The SMILES string of the molecule is CC(C)c1cc(-c2ccncc2)cc(-c2ccc(-c3ccccc3)cc2)c1. The summed E-state index contributed by atoms with van der Waals surface area (Å²) in [5.74, 6) is 0.481. The van der Waals surface area contributed by atoms with Crippen LogP contribution in [0.15, 0.2) is 97.3 Å². The third-order valence-corrected chi connectivity index (χ3v) is 4.96.